The fourth-order valence-corrected chi connectivity index (χ4v) is 3.63. The molecule has 0 radical (unpaired) electrons. The predicted molar refractivity (Wildman–Crippen MR) is 121 cm³/mol. The lowest BCUT2D eigenvalue weighted by Gasteiger charge is -2.14. The van der Waals surface area contributed by atoms with Crippen molar-refractivity contribution in [3.63, 3.8) is 0 Å². The van der Waals surface area contributed by atoms with Gasteiger partial charge in [0.25, 0.3) is 0 Å². The zero-order valence-corrected chi connectivity index (χ0v) is 18.0. The fraction of sp³-hybridized carbons (Fsp3) is 0.174. The van der Waals surface area contributed by atoms with Crippen LogP contribution in [0.1, 0.15) is 29.3 Å². The fourth-order valence-electron chi connectivity index (χ4n) is 2.90. The Kier molecular flexibility index (Phi) is 7.45. The molecular weight excluding hydrogens is 430 g/mol. The van der Waals surface area contributed by atoms with Crippen LogP contribution in [0.3, 0.4) is 0 Å². The topological polar surface area (TPSA) is 129 Å². The van der Waals surface area contributed by atoms with Crippen LogP contribution in [0.5, 0.6) is 0 Å². The smallest absolute Gasteiger partial charge is 0.353 e. The highest BCUT2D eigenvalue weighted by Gasteiger charge is 2.28. The van der Waals surface area contributed by atoms with Crippen LogP contribution in [-0.4, -0.2) is 33.6 Å². The number of hydrogen-bond donors (Lipinski definition) is 3. The molecule has 8 nitrogen and oxygen atoms in total. The van der Waals surface area contributed by atoms with Crippen LogP contribution in [0.25, 0.3) is 11.3 Å². The second-order valence-corrected chi connectivity index (χ2v) is 7.70. The molecule has 0 aliphatic rings. The minimum absolute atomic E-state index is 0.0244. The molecule has 0 fully saturated rings. The number of anilines is 1. The van der Waals surface area contributed by atoms with E-state index in [2.05, 4.69) is 10.3 Å². The number of aromatic nitrogens is 1. The highest BCUT2D eigenvalue weighted by atomic mass is 32.1. The quantitative estimate of drug-likeness (QED) is 0.330. The number of carbonyl (C=O) groups excluding carboxylic acids is 2. The molecule has 2 aromatic carbocycles. The number of benzene rings is 2. The number of hydrogen-bond acceptors (Lipinski definition) is 7. The largest absolute Gasteiger partial charge is 0.478 e. The van der Waals surface area contributed by atoms with Crippen molar-refractivity contribution in [3.05, 3.63) is 71.1 Å². The molecule has 0 spiro atoms. The Morgan fingerprint density at radius 1 is 1.12 bits per heavy atom. The van der Waals surface area contributed by atoms with Crippen LogP contribution >= 0.6 is 11.3 Å². The summed E-state index contributed by atoms with van der Waals surface area (Å²) in [5.74, 6) is -3.34. The van der Waals surface area contributed by atoms with E-state index in [1.807, 2.05) is 18.2 Å². The first-order valence-electron chi connectivity index (χ1n) is 9.78. The molecule has 0 bridgehead atoms. The Morgan fingerprint density at radius 2 is 1.81 bits per heavy atom. The number of carboxylic acids is 1. The van der Waals surface area contributed by atoms with Crippen molar-refractivity contribution in [1.29, 1.82) is 5.41 Å². The van der Waals surface area contributed by atoms with E-state index in [9.17, 15) is 14.4 Å². The van der Waals surface area contributed by atoms with Gasteiger partial charge in [0.2, 0.25) is 5.91 Å². The van der Waals surface area contributed by atoms with Gasteiger partial charge in [-0.15, -0.1) is 11.3 Å². The summed E-state index contributed by atoms with van der Waals surface area (Å²) in [5, 5.41) is 21.8. The van der Waals surface area contributed by atoms with Crippen LogP contribution in [0.2, 0.25) is 0 Å². The highest BCUT2D eigenvalue weighted by Crippen LogP contribution is 2.26. The summed E-state index contributed by atoms with van der Waals surface area (Å²) in [7, 11) is 0. The molecule has 1 amide bonds. The molecule has 3 rings (SSSR count). The van der Waals surface area contributed by atoms with Gasteiger partial charge in [0.1, 0.15) is 12.3 Å². The average Bonchev–Trinajstić information content (AvgIpc) is 3.27. The third-order valence-electron chi connectivity index (χ3n) is 4.67. The standard InChI is InChI=1S/C23H21N3O5S/c1-2-17(19(24)22(30)31-12-14-6-4-3-5-7-14)20(27)26-23-25-18(13-32-23)15-8-10-16(11-9-15)21(28)29/h3-11,13,17,24H,2,12H2,1H3,(H,28,29)(H,25,26,27). The summed E-state index contributed by atoms with van der Waals surface area (Å²) >= 11 is 1.19. The molecule has 0 saturated heterocycles. The molecule has 1 unspecified atom stereocenters. The first kappa shape index (κ1) is 22.8. The second kappa shape index (κ2) is 10.5. The number of esters is 1. The molecule has 1 atom stereocenters. The van der Waals surface area contributed by atoms with Crippen LogP contribution in [0.4, 0.5) is 5.13 Å². The molecule has 1 heterocycles. The van der Waals surface area contributed by atoms with Crippen molar-refractivity contribution in [2.24, 2.45) is 5.92 Å². The third-order valence-corrected chi connectivity index (χ3v) is 5.43. The summed E-state index contributed by atoms with van der Waals surface area (Å²) < 4.78 is 5.16. The maximum Gasteiger partial charge on any atom is 0.353 e. The van der Waals surface area contributed by atoms with Crippen molar-refractivity contribution < 1.29 is 24.2 Å². The lowest BCUT2D eigenvalue weighted by atomic mass is 9.99. The van der Waals surface area contributed by atoms with E-state index in [0.717, 1.165) is 5.56 Å². The summed E-state index contributed by atoms with van der Waals surface area (Å²) in [4.78, 5) is 40.2. The number of nitrogens with one attached hydrogen (secondary N) is 2. The number of carbonyl (C=O) groups is 3. The number of ether oxygens (including phenoxy) is 1. The molecule has 32 heavy (non-hydrogen) atoms. The van der Waals surface area contributed by atoms with E-state index in [-0.39, 0.29) is 18.6 Å². The Hall–Kier alpha value is -3.85. The second-order valence-electron chi connectivity index (χ2n) is 6.85. The first-order valence-corrected chi connectivity index (χ1v) is 10.7. The molecule has 9 heteroatoms. The number of aromatic carboxylic acids is 1. The molecule has 3 N–H and O–H groups in total. The summed E-state index contributed by atoms with van der Waals surface area (Å²) in [6.45, 7) is 1.73. The number of rotatable bonds is 9. The number of nitrogens with zero attached hydrogens (tertiary/aromatic N) is 1. The maximum absolute atomic E-state index is 12.7. The summed E-state index contributed by atoms with van der Waals surface area (Å²) in [5.41, 5.74) is 1.82. The summed E-state index contributed by atoms with van der Waals surface area (Å²) in [6, 6.07) is 15.3. The molecule has 3 aromatic rings. The van der Waals surface area contributed by atoms with E-state index in [4.69, 9.17) is 15.3 Å². The van der Waals surface area contributed by atoms with Crippen molar-refractivity contribution in [2.75, 3.05) is 5.32 Å². The van der Waals surface area contributed by atoms with E-state index < -0.39 is 29.5 Å². The van der Waals surface area contributed by atoms with Crippen molar-refractivity contribution in [3.8, 4) is 11.3 Å². The van der Waals surface area contributed by atoms with Gasteiger partial charge in [0, 0.05) is 10.9 Å². The zero-order valence-electron chi connectivity index (χ0n) is 17.2. The number of carboxylic acid groups (broad SMARTS) is 1. The van der Waals surface area contributed by atoms with Gasteiger partial charge in [0.15, 0.2) is 5.13 Å². The van der Waals surface area contributed by atoms with Crippen molar-refractivity contribution in [2.45, 2.75) is 20.0 Å². The van der Waals surface area contributed by atoms with Gasteiger partial charge < -0.3 is 15.2 Å². The molecule has 0 aliphatic heterocycles. The first-order chi connectivity index (χ1) is 15.4. The van der Waals surface area contributed by atoms with Gasteiger partial charge >= 0.3 is 11.9 Å². The Morgan fingerprint density at radius 3 is 2.44 bits per heavy atom. The third kappa shape index (κ3) is 5.64. The van der Waals surface area contributed by atoms with Gasteiger partial charge in [-0.05, 0) is 24.1 Å². The summed E-state index contributed by atoms with van der Waals surface area (Å²) in [6.07, 6.45) is 0.250. The molecule has 0 saturated carbocycles. The monoisotopic (exact) mass is 451 g/mol. The SMILES string of the molecule is CCC(C(=N)C(=O)OCc1ccccc1)C(=O)Nc1nc(-c2ccc(C(=O)O)cc2)cs1. The number of thiazole rings is 1. The molecule has 0 aliphatic carbocycles. The van der Waals surface area contributed by atoms with E-state index >= 15 is 0 Å². The Labute approximate surface area is 188 Å². The van der Waals surface area contributed by atoms with E-state index in [1.54, 1.807) is 36.6 Å². The van der Waals surface area contributed by atoms with Gasteiger partial charge in [-0.2, -0.15) is 0 Å². The van der Waals surface area contributed by atoms with Gasteiger partial charge in [0.05, 0.1) is 17.2 Å². The molecule has 1 aromatic heterocycles. The van der Waals surface area contributed by atoms with Gasteiger partial charge in [-0.3, -0.25) is 10.2 Å². The lowest BCUT2D eigenvalue weighted by Crippen LogP contribution is -2.34. The van der Waals surface area contributed by atoms with Crippen LogP contribution < -0.4 is 5.32 Å². The van der Waals surface area contributed by atoms with Crippen LogP contribution in [0.15, 0.2) is 60.0 Å². The average molecular weight is 452 g/mol. The number of amides is 1. The molecule has 164 valence electrons. The van der Waals surface area contributed by atoms with Crippen LogP contribution in [0, 0.1) is 11.3 Å². The molecular formula is C23H21N3O5S. The normalized spacial score (nSPS) is 11.4. The van der Waals surface area contributed by atoms with E-state index in [1.165, 1.54) is 23.5 Å². The zero-order chi connectivity index (χ0) is 23.1. The van der Waals surface area contributed by atoms with Crippen LogP contribution in [-0.2, 0) is 20.9 Å². The predicted octanol–water partition coefficient (Wildman–Crippen LogP) is 4.24. The van der Waals surface area contributed by atoms with Gasteiger partial charge in [-0.25, -0.2) is 14.6 Å². The minimum atomic E-state index is -1.02. The van der Waals surface area contributed by atoms with Gasteiger partial charge in [-0.1, -0.05) is 49.4 Å². The Bertz CT molecular complexity index is 1130. The van der Waals surface area contributed by atoms with Crippen molar-refractivity contribution in [1.82, 2.24) is 4.98 Å². The highest BCUT2D eigenvalue weighted by molar-refractivity contribution is 7.14. The maximum atomic E-state index is 12.7. The van der Waals surface area contributed by atoms with E-state index in [0.29, 0.717) is 16.4 Å². The van der Waals surface area contributed by atoms with Crippen molar-refractivity contribution >= 4 is 40.0 Å². The Balaban J connectivity index is 1.61. The minimum Gasteiger partial charge on any atom is -0.478 e. The lowest BCUT2D eigenvalue weighted by molar-refractivity contribution is -0.137.